The van der Waals surface area contributed by atoms with Gasteiger partial charge in [-0.1, -0.05) is 123 Å². The van der Waals surface area contributed by atoms with Crippen molar-refractivity contribution < 1.29 is 18.2 Å². The standard InChI is InChI=1S/C61H69B3F2N6O2/c1-11-47-40(7)58(69-42(47)9)57(59-41(8)48(12-2)43(10)72(59)64(65)66)44-27-28-51-52(33-44)54(37-71(32-20-30-68-61(74)39(5)6)35-46-22-14-18-26-56(46)63)50-24-16-15-23-49(50)53(51)36-70(31-19-29-67-60(73)38(3)4)34-45-21-13-17-25-55(45)62/h13-18,21-28,33H,3,5,11-12,19-20,29-32,34-37H2,1-2,4,6-10H3,(H,67,73)(H,68,74)/b58-57-. The number of nitrogens with one attached hydrogen (secondary N) is 2. The molecule has 1 aromatic heterocycles. The van der Waals surface area contributed by atoms with Gasteiger partial charge in [0.1, 0.15) is 15.7 Å². The molecule has 0 saturated heterocycles. The van der Waals surface area contributed by atoms with Crippen molar-refractivity contribution in [3.8, 4) is 0 Å². The average Bonchev–Trinajstić information content (AvgIpc) is 3.80. The third kappa shape index (κ3) is 12.2. The maximum atomic E-state index is 15.7. The number of hydrogen-bond donors (Lipinski definition) is 2. The first-order valence-electron chi connectivity index (χ1n) is 25.9. The van der Waals surface area contributed by atoms with Gasteiger partial charge < -0.3 is 15.1 Å². The number of carbonyl (C=O) groups excluding carboxylic acids is 2. The number of hydrogen-bond acceptors (Lipinski definition) is 5. The van der Waals surface area contributed by atoms with Gasteiger partial charge in [-0.2, -0.15) is 0 Å². The van der Waals surface area contributed by atoms with E-state index in [1.807, 2.05) is 57.2 Å². The van der Waals surface area contributed by atoms with E-state index in [2.05, 4.69) is 102 Å². The summed E-state index contributed by atoms with van der Waals surface area (Å²) in [5.74, 6) is -0.351. The van der Waals surface area contributed by atoms with Crippen LogP contribution in [0.4, 0.5) is 8.63 Å². The van der Waals surface area contributed by atoms with Crippen molar-refractivity contribution in [2.24, 2.45) is 4.99 Å². The van der Waals surface area contributed by atoms with E-state index in [9.17, 15) is 9.59 Å². The van der Waals surface area contributed by atoms with Crippen LogP contribution in [0.2, 0.25) is 0 Å². The molecule has 0 saturated carbocycles. The molecule has 0 aliphatic carbocycles. The Hall–Kier alpha value is -6.56. The maximum absolute atomic E-state index is 15.7. The molecule has 0 atom stereocenters. The summed E-state index contributed by atoms with van der Waals surface area (Å²) in [6, 6.07) is 30.8. The van der Waals surface area contributed by atoms with Crippen LogP contribution in [0.25, 0.3) is 27.1 Å². The number of nitrogens with zero attached hydrogens (tertiary/aromatic N) is 4. The Morgan fingerprint density at radius 3 is 1.61 bits per heavy atom. The van der Waals surface area contributed by atoms with Crippen molar-refractivity contribution in [1.29, 1.82) is 0 Å². The highest BCUT2D eigenvalue weighted by Gasteiger charge is 2.33. The quantitative estimate of drug-likeness (QED) is 0.0290. The molecule has 378 valence electrons. The molecule has 0 fully saturated rings. The Morgan fingerprint density at radius 2 is 1.15 bits per heavy atom. The molecule has 5 aromatic carbocycles. The normalized spacial score (nSPS) is 13.3. The third-order valence-electron chi connectivity index (χ3n) is 14.6. The second-order valence-corrected chi connectivity index (χ2v) is 19.8. The molecule has 0 spiro atoms. The number of fused-ring (bicyclic) bond motifs is 2. The van der Waals surface area contributed by atoms with E-state index in [0.29, 0.717) is 116 Å². The minimum absolute atomic E-state index is 0.172. The average molecular weight is 989 g/mol. The van der Waals surface area contributed by atoms with Gasteiger partial charge in [0.2, 0.25) is 11.8 Å². The van der Waals surface area contributed by atoms with Crippen molar-refractivity contribution in [2.75, 3.05) is 26.2 Å². The van der Waals surface area contributed by atoms with E-state index in [-0.39, 0.29) is 11.8 Å². The van der Waals surface area contributed by atoms with Crippen LogP contribution in [0.3, 0.4) is 0 Å². The Bertz CT molecular complexity index is 3220. The van der Waals surface area contributed by atoms with Crippen LogP contribution in [0.5, 0.6) is 0 Å². The van der Waals surface area contributed by atoms with Gasteiger partial charge in [-0.05, 0) is 145 Å². The molecule has 13 heteroatoms. The molecular weight excluding hydrogens is 919 g/mol. The van der Waals surface area contributed by atoms with Gasteiger partial charge in [-0.3, -0.25) is 33.0 Å². The Labute approximate surface area is 440 Å². The van der Waals surface area contributed by atoms with Gasteiger partial charge in [0.25, 0.3) is 0 Å². The lowest BCUT2D eigenvalue weighted by molar-refractivity contribution is -0.118. The minimum atomic E-state index is -2.79. The summed E-state index contributed by atoms with van der Waals surface area (Å²) in [6.07, 6.45) is 2.70. The molecule has 74 heavy (non-hydrogen) atoms. The van der Waals surface area contributed by atoms with Crippen LogP contribution < -0.4 is 21.6 Å². The molecule has 2 N–H and O–H groups in total. The first kappa shape index (κ1) is 55.2. The topological polar surface area (TPSA) is 82.0 Å². The lowest BCUT2D eigenvalue weighted by atomic mass is 9.86. The zero-order valence-corrected chi connectivity index (χ0v) is 44.7. The molecule has 6 aromatic rings. The van der Waals surface area contributed by atoms with Gasteiger partial charge in [-0.15, -0.1) is 0 Å². The third-order valence-corrected chi connectivity index (χ3v) is 14.6. The molecule has 0 unspecified atom stereocenters. The zero-order valence-electron chi connectivity index (χ0n) is 44.7. The van der Waals surface area contributed by atoms with Crippen LogP contribution in [0.1, 0.15) is 111 Å². The van der Waals surface area contributed by atoms with Crippen LogP contribution >= 0.6 is 0 Å². The molecule has 0 bridgehead atoms. The van der Waals surface area contributed by atoms with E-state index in [4.69, 9.17) is 20.7 Å². The van der Waals surface area contributed by atoms with Crippen LogP contribution in [-0.2, 0) is 42.2 Å². The number of aliphatic imine (C=N–C) groups is 1. The van der Waals surface area contributed by atoms with E-state index >= 15 is 8.63 Å². The fourth-order valence-corrected chi connectivity index (χ4v) is 10.7. The smallest absolute Gasteiger partial charge is 0.352 e. The molecule has 2 amide bonds. The molecule has 8 nitrogen and oxygen atoms in total. The lowest BCUT2D eigenvalue weighted by Crippen LogP contribution is -2.31. The first-order chi connectivity index (χ1) is 35.4. The van der Waals surface area contributed by atoms with Gasteiger partial charge >= 0.3 is 7.40 Å². The number of aromatic nitrogens is 1. The van der Waals surface area contributed by atoms with Gasteiger partial charge in [-0.25, -0.2) is 0 Å². The summed E-state index contributed by atoms with van der Waals surface area (Å²) in [6.45, 7) is 27.4. The molecule has 2 heterocycles. The van der Waals surface area contributed by atoms with Gasteiger partial charge in [0.15, 0.2) is 0 Å². The Balaban J connectivity index is 1.50. The van der Waals surface area contributed by atoms with Crippen molar-refractivity contribution in [3.63, 3.8) is 0 Å². The highest BCUT2D eigenvalue weighted by Crippen LogP contribution is 2.43. The number of carbonyl (C=O) groups is 2. The van der Waals surface area contributed by atoms with Crippen molar-refractivity contribution in [2.45, 2.75) is 107 Å². The summed E-state index contributed by atoms with van der Waals surface area (Å²) < 4.78 is 32.6. The minimum Gasteiger partial charge on any atom is -0.352 e. The molecular formula is C61H69B3F2N6O2. The van der Waals surface area contributed by atoms with Gasteiger partial charge in [0, 0.05) is 86.2 Å². The highest BCUT2D eigenvalue weighted by molar-refractivity contribution is 6.42. The van der Waals surface area contributed by atoms with Crippen LogP contribution in [0.15, 0.2) is 137 Å². The van der Waals surface area contributed by atoms with E-state index in [0.717, 1.165) is 83.8 Å². The highest BCUT2D eigenvalue weighted by atomic mass is 19.2. The molecule has 7 rings (SSSR count). The fourth-order valence-electron chi connectivity index (χ4n) is 10.7. The number of rotatable bonds is 23. The van der Waals surface area contributed by atoms with E-state index in [1.165, 1.54) is 4.48 Å². The predicted octanol–water partition coefficient (Wildman–Crippen LogP) is 10.5. The SMILES string of the molecule is [B]c1ccccc1CN(CCCNC(=O)C(=C)C)Cc1c2ccccc2c(CN(CCCNC(=O)C(=C)C)Cc2ccccc2[B])c2cc(/C(=C3/N=C(C)C(CC)=C3C)c3c(C)c(CC)c(C)n3B(F)F)ccc12. The lowest BCUT2D eigenvalue weighted by Gasteiger charge is -2.29. The second-order valence-electron chi connectivity index (χ2n) is 19.8. The summed E-state index contributed by atoms with van der Waals surface area (Å²) in [7, 11) is 10.5. The monoisotopic (exact) mass is 989 g/mol. The number of benzene rings is 5. The van der Waals surface area contributed by atoms with Crippen molar-refractivity contribution >= 4 is 78.7 Å². The summed E-state index contributed by atoms with van der Waals surface area (Å²) >= 11 is 0. The number of halogens is 2. The van der Waals surface area contributed by atoms with E-state index in [1.54, 1.807) is 20.8 Å². The van der Waals surface area contributed by atoms with Crippen LogP contribution in [0, 0.1) is 13.8 Å². The zero-order chi connectivity index (χ0) is 53.4. The van der Waals surface area contributed by atoms with Crippen LogP contribution in [-0.4, -0.2) is 81.1 Å². The van der Waals surface area contributed by atoms with Crippen molar-refractivity contribution in [1.82, 2.24) is 24.9 Å². The predicted molar refractivity (Wildman–Crippen MR) is 307 cm³/mol. The molecule has 1 aliphatic rings. The summed E-state index contributed by atoms with van der Waals surface area (Å²) in [5.41, 5.74) is 14.4. The first-order valence-corrected chi connectivity index (χ1v) is 25.9. The largest absolute Gasteiger partial charge is 0.677 e. The summed E-state index contributed by atoms with van der Waals surface area (Å²) in [5, 5.41) is 10.2. The second kappa shape index (κ2) is 24.7. The Morgan fingerprint density at radius 1 is 0.662 bits per heavy atom. The van der Waals surface area contributed by atoms with Gasteiger partial charge in [0.05, 0.1) is 5.70 Å². The molecule has 1 aliphatic heterocycles. The maximum Gasteiger partial charge on any atom is 0.677 e. The fraction of sp³-hybridized carbons (Fsp3) is 0.328. The van der Waals surface area contributed by atoms with Crippen molar-refractivity contribution in [3.05, 3.63) is 182 Å². The van der Waals surface area contributed by atoms with E-state index < -0.39 is 7.40 Å². The number of amides is 2. The summed E-state index contributed by atoms with van der Waals surface area (Å²) in [4.78, 5) is 35.1. The Kier molecular flexibility index (Phi) is 18.4. The number of allylic oxidation sites excluding steroid dienone is 2. The molecule has 4 radical (unpaired) electrons.